The van der Waals surface area contributed by atoms with Gasteiger partial charge in [-0.25, -0.2) is 4.63 Å². The van der Waals surface area contributed by atoms with E-state index < -0.39 is 0 Å². The predicted molar refractivity (Wildman–Crippen MR) is 96.3 cm³/mol. The van der Waals surface area contributed by atoms with Gasteiger partial charge in [0.25, 0.3) is 0 Å². The third-order valence-corrected chi connectivity index (χ3v) is 5.57. The molecule has 7 nitrogen and oxygen atoms in total. The van der Waals surface area contributed by atoms with E-state index in [1.807, 2.05) is 11.8 Å². The van der Waals surface area contributed by atoms with Crippen LogP contribution in [0.3, 0.4) is 0 Å². The summed E-state index contributed by atoms with van der Waals surface area (Å²) in [4.78, 5) is 19.6. The van der Waals surface area contributed by atoms with Gasteiger partial charge in [0.1, 0.15) is 11.4 Å². The molecule has 1 saturated heterocycles. The quantitative estimate of drug-likeness (QED) is 0.821. The highest BCUT2D eigenvalue weighted by Crippen LogP contribution is 2.23. The first-order valence-corrected chi connectivity index (χ1v) is 9.18. The second-order valence-electron chi connectivity index (χ2n) is 7.30. The maximum Gasteiger partial charge on any atom is 0.240 e. The zero-order valence-corrected chi connectivity index (χ0v) is 15.4. The van der Waals surface area contributed by atoms with Crippen LogP contribution in [0.2, 0.25) is 0 Å². The van der Waals surface area contributed by atoms with Gasteiger partial charge in [-0.3, -0.25) is 14.6 Å². The van der Waals surface area contributed by atoms with Crippen molar-refractivity contribution in [1.29, 1.82) is 0 Å². The molecule has 0 radical (unpaired) electrons. The van der Waals surface area contributed by atoms with Crippen LogP contribution in [0.5, 0.6) is 0 Å². The number of aromatic nitrogens is 2. The third-order valence-electron chi connectivity index (χ3n) is 5.57. The van der Waals surface area contributed by atoms with Crippen molar-refractivity contribution in [1.82, 2.24) is 25.0 Å². The summed E-state index contributed by atoms with van der Waals surface area (Å²) >= 11 is 0. The standard InChI is InChI=1S/C19H25N5O2/c1-14-17(21-26-20-14)13-23-7-9-24(10-8-23)19(25)18-11-15-5-3-4-6-16(15)12-22(18)2/h3-6,18H,7-13H2,1-2H3/t18-/m1/s1. The first kappa shape index (κ1) is 17.2. The normalized spacial score (nSPS) is 21.6. The highest BCUT2D eigenvalue weighted by atomic mass is 16.6. The van der Waals surface area contributed by atoms with Crippen LogP contribution >= 0.6 is 0 Å². The van der Waals surface area contributed by atoms with E-state index in [-0.39, 0.29) is 11.9 Å². The van der Waals surface area contributed by atoms with Gasteiger partial charge in [-0.1, -0.05) is 34.6 Å². The summed E-state index contributed by atoms with van der Waals surface area (Å²) in [6.45, 7) is 6.70. The molecule has 0 bridgehead atoms. The van der Waals surface area contributed by atoms with Crippen molar-refractivity contribution in [2.75, 3.05) is 33.2 Å². The van der Waals surface area contributed by atoms with Crippen molar-refractivity contribution in [3.63, 3.8) is 0 Å². The monoisotopic (exact) mass is 355 g/mol. The van der Waals surface area contributed by atoms with Crippen molar-refractivity contribution in [3.8, 4) is 0 Å². The van der Waals surface area contributed by atoms with Crippen molar-refractivity contribution in [3.05, 3.63) is 46.8 Å². The molecule has 0 unspecified atom stereocenters. The Balaban J connectivity index is 1.36. The van der Waals surface area contributed by atoms with Gasteiger partial charge >= 0.3 is 0 Å². The number of rotatable bonds is 3. The molecule has 0 saturated carbocycles. The number of nitrogens with zero attached hydrogens (tertiary/aromatic N) is 5. The minimum absolute atomic E-state index is 0.0570. The Morgan fingerprint density at radius 3 is 2.58 bits per heavy atom. The highest BCUT2D eigenvalue weighted by Gasteiger charge is 2.33. The van der Waals surface area contributed by atoms with Crippen LogP contribution in [-0.4, -0.2) is 70.2 Å². The molecule has 1 aromatic carbocycles. The second-order valence-corrected chi connectivity index (χ2v) is 7.30. The lowest BCUT2D eigenvalue weighted by atomic mass is 9.93. The van der Waals surface area contributed by atoms with Crippen LogP contribution in [-0.2, 0) is 24.3 Å². The Bertz CT molecular complexity index is 782. The Kier molecular flexibility index (Phi) is 4.74. The number of benzene rings is 1. The van der Waals surface area contributed by atoms with E-state index in [1.165, 1.54) is 11.1 Å². The lowest BCUT2D eigenvalue weighted by Crippen LogP contribution is -2.55. The highest BCUT2D eigenvalue weighted by molar-refractivity contribution is 5.82. The number of carbonyl (C=O) groups excluding carboxylic acids is 1. The summed E-state index contributed by atoms with van der Waals surface area (Å²) in [7, 11) is 2.05. The summed E-state index contributed by atoms with van der Waals surface area (Å²) in [5, 5.41) is 7.78. The molecule has 26 heavy (non-hydrogen) atoms. The van der Waals surface area contributed by atoms with Gasteiger partial charge in [0.05, 0.1) is 6.04 Å². The Morgan fingerprint density at radius 1 is 1.15 bits per heavy atom. The van der Waals surface area contributed by atoms with Crippen LogP contribution in [0.1, 0.15) is 22.5 Å². The van der Waals surface area contributed by atoms with Gasteiger partial charge in [-0.2, -0.15) is 0 Å². The molecule has 1 aromatic heterocycles. The molecule has 1 amide bonds. The van der Waals surface area contributed by atoms with Crippen LogP contribution in [0, 0.1) is 6.92 Å². The van der Waals surface area contributed by atoms with E-state index in [2.05, 4.69) is 51.4 Å². The molecular formula is C19H25N5O2. The van der Waals surface area contributed by atoms with Gasteiger partial charge in [0.15, 0.2) is 0 Å². The fraction of sp³-hybridized carbons (Fsp3) is 0.526. The van der Waals surface area contributed by atoms with Crippen LogP contribution in [0.4, 0.5) is 0 Å². The Labute approximate surface area is 153 Å². The second kappa shape index (κ2) is 7.17. The topological polar surface area (TPSA) is 65.7 Å². The minimum Gasteiger partial charge on any atom is -0.339 e. The molecule has 2 aliphatic heterocycles. The number of fused-ring (bicyclic) bond motifs is 1. The number of hydrogen-bond acceptors (Lipinski definition) is 6. The number of likely N-dealkylation sites (N-methyl/N-ethyl adjacent to an activating group) is 1. The number of hydrogen-bond donors (Lipinski definition) is 0. The Hall–Kier alpha value is -2.25. The van der Waals surface area contributed by atoms with E-state index in [0.717, 1.165) is 57.1 Å². The molecule has 138 valence electrons. The molecule has 3 heterocycles. The molecule has 0 spiro atoms. The molecule has 0 aliphatic carbocycles. The van der Waals surface area contributed by atoms with Crippen LogP contribution in [0.15, 0.2) is 28.9 Å². The van der Waals surface area contributed by atoms with Crippen LogP contribution < -0.4 is 0 Å². The smallest absolute Gasteiger partial charge is 0.240 e. The van der Waals surface area contributed by atoms with Gasteiger partial charge in [0, 0.05) is 39.3 Å². The zero-order chi connectivity index (χ0) is 18.1. The summed E-state index contributed by atoms with van der Waals surface area (Å²) in [5.74, 6) is 0.251. The van der Waals surface area contributed by atoms with Crippen molar-refractivity contribution >= 4 is 5.91 Å². The van der Waals surface area contributed by atoms with Gasteiger partial charge in [-0.05, 0) is 31.5 Å². The van der Waals surface area contributed by atoms with E-state index in [1.54, 1.807) is 0 Å². The fourth-order valence-corrected chi connectivity index (χ4v) is 3.87. The fourth-order valence-electron chi connectivity index (χ4n) is 3.87. The Morgan fingerprint density at radius 2 is 1.88 bits per heavy atom. The number of piperazine rings is 1. The maximum atomic E-state index is 13.1. The molecule has 0 N–H and O–H groups in total. The van der Waals surface area contributed by atoms with Gasteiger partial charge < -0.3 is 4.90 Å². The molecule has 1 fully saturated rings. The molecular weight excluding hydrogens is 330 g/mol. The van der Waals surface area contributed by atoms with Crippen LogP contribution in [0.25, 0.3) is 0 Å². The average Bonchev–Trinajstić information content (AvgIpc) is 3.06. The molecule has 1 atom stereocenters. The zero-order valence-electron chi connectivity index (χ0n) is 15.4. The predicted octanol–water partition coefficient (Wildman–Crippen LogP) is 1.08. The van der Waals surface area contributed by atoms with E-state index in [4.69, 9.17) is 4.63 Å². The van der Waals surface area contributed by atoms with E-state index >= 15 is 0 Å². The van der Waals surface area contributed by atoms with E-state index in [0.29, 0.717) is 0 Å². The summed E-state index contributed by atoms with van der Waals surface area (Å²) in [6, 6.07) is 8.38. The summed E-state index contributed by atoms with van der Waals surface area (Å²) in [5.41, 5.74) is 4.36. The lowest BCUT2D eigenvalue weighted by molar-refractivity contribution is -0.139. The van der Waals surface area contributed by atoms with Crippen molar-refractivity contribution in [2.24, 2.45) is 0 Å². The first-order chi connectivity index (χ1) is 12.6. The average molecular weight is 355 g/mol. The third kappa shape index (κ3) is 3.37. The lowest BCUT2D eigenvalue weighted by Gasteiger charge is -2.40. The van der Waals surface area contributed by atoms with Gasteiger partial charge in [0.2, 0.25) is 5.91 Å². The largest absolute Gasteiger partial charge is 0.339 e. The summed E-state index contributed by atoms with van der Waals surface area (Å²) < 4.78 is 4.77. The molecule has 2 aromatic rings. The van der Waals surface area contributed by atoms with Crippen molar-refractivity contribution < 1.29 is 9.42 Å². The van der Waals surface area contributed by atoms with Crippen molar-refractivity contribution in [2.45, 2.75) is 32.5 Å². The minimum atomic E-state index is -0.0570. The SMILES string of the molecule is Cc1nonc1CN1CCN(C(=O)[C@H]2Cc3ccccc3CN2C)CC1. The first-order valence-electron chi connectivity index (χ1n) is 9.18. The number of amides is 1. The van der Waals surface area contributed by atoms with Gasteiger partial charge in [-0.15, -0.1) is 0 Å². The number of carbonyl (C=O) groups is 1. The summed E-state index contributed by atoms with van der Waals surface area (Å²) in [6.07, 6.45) is 0.801. The molecule has 2 aliphatic rings. The molecule has 4 rings (SSSR count). The molecule has 7 heteroatoms. The maximum absolute atomic E-state index is 13.1. The number of aryl methyl sites for hydroxylation is 1. The van der Waals surface area contributed by atoms with E-state index in [9.17, 15) is 4.79 Å².